The van der Waals surface area contributed by atoms with E-state index in [4.69, 9.17) is 4.74 Å². The van der Waals surface area contributed by atoms with E-state index in [0.717, 1.165) is 5.56 Å². The predicted molar refractivity (Wildman–Crippen MR) is 100.0 cm³/mol. The first-order valence-corrected chi connectivity index (χ1v) is 10.3. The first kappa shape index (κ1) is 17.1. The molecular weight excluding hydrogens is 375 g/mol. The third-order valence-corrected chi connectivity index (χ3v) is 6.41. The number of hydrogen-bond donors (Lipinski definition) is 0. The van der Waals surface area contributed by atoms with Crippen LogP contribution in [0.4, 0.5) is 4.39 Å². The van der Waals surface area contributed by atoms with Crippen LogP contribution in [0.15, 0.2) is 53.9 Å². The van der Waals surface area contributed by atoms with Gasteiger partial charge in [0.25, 0.3) is 5.19 Å². The van der Waals surface area contributed by atoms with Gasteiger partial charge in [-0.1, -0.05) is 41.7 Å². The zero-order valence-corrected chi connectivity index (χ0v) is 15.2. The van der Waals surface area contributed by atoms with E-state index in [9.17, 15) is 12.8 Å². The van der Waals surface area contributed by atoms with Gasteiger partial charge in [-0.15, -0.1) is 0 Å². The van der Waals surface area contributed by atoms with E-state index in [2.05, 4.69) is 4.98 Å². The van der Waals surface area contributed by atoms with Crippen molar-refractivity contribution >= 4 is 37.7 Å². The maximum Gasteiger partial charge on any atom is 0.274 e. The number of thiazole rings is 1. The molecule has 0 bridgehead atoms. The van der Waals surface area contributed by atoms with E-state index in [1.54, 1.807) is 12.1 Å². The molecule has 1 aromatic heterocycles. The van der Waals surface area contributed by atoms with Crippen LogP contribution >= 0.6 is 11.3 Å². The first-order valence-electron chi connectivity index (χ1n) is 7.96. The maximum absolute atomic E-state index is 13.2. The number of benzene rings is 2. The molecule has 26 heavy (non-hydrogen) atoms. The van der Waals surface area contributed by atoms with Gasteiger partial charge in [-0.2, -0.15) is 4.31 Å². The maximum atomic E-state index is 13.2. The van der Waals surface area contributed by atoms with Gasteiger partial charge in [-0.3, -0.25) is 0 Å². The number of rotatable bonds is 5. The molecule has 2 heterocycles. The van der Waals surface area contributed by atoms with Gasteiger partial charge in [0.1, 0.15) is 11.9 Å². The molecule has 1 aliphatic rings. The van der Waals surface area contributed by atoms with Crippen molar-refractivity contribution in [1.29, 1.82) is 0 Å². The lowest BCUT2D eigenvalue weighted by Crippen LogP contribution is -2.55. The molecule has 0 spiro atoms. The van der Waals surface area contributed by atoms with Gasteiger partial charge in [0.2, 0.25) is 10.0 Å². The summed E-state index contributed by atoms with van der Waals surface area (Å²) in [6.07, 6.45) is 1.33. The SMILES string of the molecule is O=S(=O)(/C=C/c1ccccc1)N1CC(Oc2nc3ccc(F)cc3s2)C1. The molecule has 1 aliphatic heterocycles. The smallest absolute Gasteiger partial charge is 0.274 e. The Labute approximate surface area is 154 Å². The minimum absolute atomic E-state index is 0.250. The largest absolute Gasteiger partial charge is 0.464 e. The number of halogens is 1. The monoisotopic (exact) mass is 390 g/mol. The molecule has 0 radical (unpaired) electrons. The highest BCUT2D eigenvalue weighted by Gasteiger charge is 2.36. The van der Waals surface area contributed by atoms with Crippen LogP contribution in [0.1, 0.15) is 5.56 Å². The van der Waals surface area contributed by atoms with E-state index in [-0.39, 0.29) is 25.0 Å². The lowest BCUT2D eigenvalue weighted by Gasteiger charge is -2.36. The molecular formula is C18H15FN2O3S2. The summed E-state index contributed by atoms with van der Waals surface area (Å²) in [5.41, 5.74) is 1.49. The molecule has 0 atom stereocenters. The summed E-state index contributed by atoms with van der Waals surface area (Å²) in [5, 5.41) is 1.63. The molecule has 0 amide bonds. The van der Waals surface area contributed by atoms with Crippen LogP contribution in [0, 0.1) is 5.82 Å². The van der Waals surface area contributed by atoms with Crippen molar-refractivity contribution in [2.45, 2.75) is 6.10 Å². The lowest BCUT2D eigenvalue weighted by atomic mass is 10.2. The average Bonchev–Trinajstić information content (AvgIpc) is 2.98. The molecule has 0 saturated carbocycles. The second kappa shape index (κ2) is 6.79. The minimum Gasteiger partial charge on any atom is -0.464 e. The van der Waals surface area contributed by atoms with Crippen LogP contribution in [-0.2, 0) is 10.0 Å². The Balaban J connectivity index is 1.37. The zero-order valence-electron chi connectivity index (χ0n) is 13.6. The second-order valence-corrected chi connectivity index (χ2v) is 8.72. The van der Waals surface area contributed by atoms with Gasteiger partial charge in [-0.05, 0) is 29.8 Å². The normalized spacial score (nSPS) is 16.2. The molecule has 5 nitrogen and oxygen atoms in total. The molecule has 0 unspecified atom stereocenters. The standard InChI is InChI=1S/C18H15FN2O3S2/c19-14-6-7-16-17(10-14)25-18(20-16)24-15-11-21(12-15)26(22,23)9-8-13-4-2-1-3-5-13/h1-10,15H,11-12H2/b9-8+. The number of ether oxygens (including phenoxy) is 1. The molecule has 2 aromatic carbocycles. The highest BCUT2D eigenvalue weighted by molar-refractivity contribution is 7.92. The summed E-state index contributed by atoms with van der Waals surface area (Å²) < 4.78 is 45.6. The highest BCUT2D eigenvalue weighted by Crippen LogP contribution is 2.30. The van der Waals surface area contributed by atoms with Crippen molar-refractivity contribution in [2.24, 2.45) is 0 Å². The van der Waals surface area contributed by atoms with Gasteiger partial charge in [0, 0.05) is 5.41 Å². The molecule has 4 rings (SSSR count). The van der Waals surface area contributed by atoms with E-state index in [1.165, 1.54) is 33.2 Å². The third-order valence-electron chi connectivity index (χ3n) is 4.00. The summed E-state index contributed by atoms with van der Waals surface area (Å²) in [6.45, 7) is 0.539. The fourth-order valence-corrected chi connectivity index (χ4v) is 4.72. The number of hydrogen-bond acceptors (Lipinski definition) is 5. The van der Waals surface area contributed by atoms with E-state index < -0.39 is 10.0 Å². The summed E-state index contributed by atoms with van der Waals surface area (Å²) in [6, 6.07) is 13.6. The van der Waals surface area contributed by atoms with E-state index >= 15 is 0 Å². The molecule has 134 valence electrons. The fourth-order valence-electron chi connectivity index (χ4n) is 2.57. The van der Waals surface area contributed by atoms with Crippen molar-refractivity contribution in [3.8, 4) is 5.19 Å². The number of sulfonamides is 1. The fraction of sp³-hybridized carbons (Fsp3) is 0.167. The zero-order chi connectivity index (χ0) is 18.1. The summed E-state index contributed by atoms with van der Waals surface area (Å²) >= 11 is 1.25. The molecule has 1 fully saturated rings. The predicted octanol–water partition coefficient (Wildman–Crippen LogP) is 3.50. The van der Waals surface area contributed by atoms with E-state index in [1.807, 2.05) is 30.3 Å². The summed E-state index contributed by atoms with van der Waals surface area (Å²) in [4.78, 5) is 4.29. The Morgan fingerprint density at radius 1 is 1.19 bits per heavy atom. The van der Waals surface area contributed by atoms with E-state index in [0.29, 0.717) is 15.4 Å². The second-order valence-electron chi connectivity index (χ2n) is 5.91. The summed E-state index contributed by atoms with van der Waals surface area (Å²) in [7, 11) is -3.47. The van der Waals surface area contributed by atoms with Crippen LogP contribution in [0.5, 0.6) is 5.19 Å². The lowest BCUT2D eigenvalue weighted by molar-refractivity contribution is 0.0771. The Morgan fingerprint density at radius 2 is 1.96 bits per heavy atom. The van der Waals surface area contributed by atoms with Crippen molar-refractivity contribution in [3.05, 3.63) is 65.3 Å². The van der Waals surface area contributed by atoms with Crippen LogP contribution in [0.3, 0.4) is 0 Å². The van der Waals surface area contributed by atoms with Gasteiger partial charge in [0.15, 0.2) is 0 Å². The molecule has 3 aromatic rings. The Kier molecular flexibility index (Phi) is 4.47. The molecule has 0 N–H and O–H groups in total. The van der Waals surface area contributed by atoms with Crippen LogP contribution in [0.2, 0.25) is 0 Å². The van der Waals surface area contributed by atoms with Crippen molar-refractivity contribution in [1.82, 2.24) is 9.29 Å². The minimum atomic E-state index is -3.47. The number of nitrogens with zero attached hydrogens (tertiary/aromatic N) is 2. The topological polar surface area (TPSA) is 59.5 Å². The third kappa shape index (κ3) is 3.62. The molecule has 8 heteroatoms. The number of aromatic nitrogens is 1. The number of fused-ring (bicyclic) bond motifs is 1. The first-order chi connectivity index (χ1) is 12.5. The van der Waals surface area contributed by atoms with Gasteiger partial charge < -0.3 is 4.74 Å². The van der Waals surface area contributed by atoms with Gasteiger partial charge >= 0.3 is 0 Å². The Morgan fingerprint density at radius 3 is 2.73 bits per heavy atom. The van der Waals surface area contributed by atoms with Crippen molar-refractivity contribution < 1.29 is 17.5 Å². The van der Waals surface area contributed by atoms with Gasteiger partial charge in [0.05, 0.1) is 23.3 Å². The van der Waals surface area contributed by atoms with Crippen molar-refractivity contribution in [2.75, 3.05) is 13.1 Å². The van der Waals surface area contributed by atoms with Gasteiger partial charge in [-0.25, -0.2) is 17.8 Å². The molecule has 1 saturated heterocycles. The Hall–Kier alpha value is -2.29. The quantitative estimate of drug-likeness (QED) is 0.669. The van der Waals surface area contributed by atoms with Crippen molar-refractivity contribution in [3.63, 3.8) is 0 Å². The summed E-state index contributed by atoms with van der Waals surface area (Å²) in [5.74, 6) is -0.321. The average molecular weight is 390 g/mol. The molecule has 0 aliphatic carbocycles. The highest BCUT2D eigenvalue weighted by atomic mass is 32.2. The van der Waals surface area contributed by atoms with Crippen LogP contribution in [0.25, 0.3) is 16.3 Å². The van der Waals surface area contributed by atoms with Crippen LogP contribution < -0.4 is 4.74 Å². The Bertz CT molecular complexity index is 1060. The van der Waals surface area contributed by atoms with Crippen LogP contribution in [-0.4, -0.2) is 36.9 Å².